The molecule has 4 atom stereocenters. The Bertz CT molecular complexity index is 669. The summed E-state index contributed by atoms with van der Waals surface area (Å²) in [6, 6.07) is -4.44. The summed E-state index contributed by atoms with van der Waals surface area (Å²) in [6.07, 6.45) is 0.703. The quantitative estimate of drug-likeness (QED) is 0.203. The molecular weight excluding hydrogens is 398 g/mol. The number of carboxylic acid groups (broad SMARTS) is 1. The number of hydrogen-bond acceptors (Lipinski definition) is 7. The maximum absolute atomic E-state index is 12.8. The summed E-state index contributed by atoms with van der Waals surface area (Å²) in [5.41, 5.74) is 10.7. The molecule has 0 saturated carbocycles. The molecule has 1 heterocycles. The minimum absolute atomic E-state index is 0.0198. The standard InChI is InChI=1S/C18H31N5O7/c1-9(2)14(18(29)30)22-16(27)12-4-3-7-23(12)17(28)11(8-24)21-15(26)10(19)5-6-13(20)25/h9-12,14,24H,3-8,19H2,1-2H3,(H2,20,25)(H,21,26)(H,22,27)(H,29,30). The molecule has 0 aromatic heterocycles. The first kappa shape index (κ1) is 25.3. The van der Waals surface area contributed by atoms with Crippen LogP contribution in [-0.4, -0.2) is 82.0 Å². The van der Waals surface area contributed by atoms with E-state index >= 15 is 0 Å². The minimum Gasteiger partial charge on any atom is -0.480 e. The van der Waals surface area contributed by atoms with E-state index in [0.717, 1.165) is 0 Å². The molecule has 170 valence electrons. The van der Waals surface area contributed by atoms with Crippen LogP contribution in [0.25, 0.3) is 0 Å². The van der Waals surface area contributed by atoms with Crippen molar-refractivity contribution in [2.75, 3.05) is 13.2 Å². The number of nitrogens with two attached hydrogens (primary N) is 2. The average Bonchev–Trinajstić information content (AvgIpc) is 3.16. The third-order valence-corrected chi connectivity index (χ3v) is 4.90. The topological polar surface area (TPSA) is 205 Å². The molecule has 1 saturated heterocycles. The van der Waals surface area contributed by atoms with E-state index in [1.165, 1.54) is 4.90 Å². The van der Waals surface area contributed by atoms with E-state index in [2.05, 4.69) is 10.6 Å². The number of aliphatic hydroxyl groups is 1. The molecule has 0 aliphatic carbocycles. The Hall–Kier alpha value is -2.73. The number of nitrogens with zero attached hydrogens (tertiary/aromatic N) is 1. The molecule has 0 spiro atoms. The SMILES string of the molecule is CC(C)C(NC(=O)C1CCCN1C(=O)C(CO)NC(=O)C(N)CCC(N)=O)C(=O)O. The summed E-state index contributed by atoms with van der Waals surface area (Å²) in [7, 11) is 0. The van der Waals surface area contributed by atoms with Crippen molar-refractivity contribution in [3.63, 3.8) is 0 Å². The van der Waals surface area contributed by atoms with Crippen molar-refractivity contribution in [3.8, 4) is 0 Å². The van der Waals surface area contributed by atoms with Crippen LogP contribution >= 0.6 is 0 Å². The van der Waals surface area contributed by atoms with Gasteiger partial charge in [0.15, 0.2) is 0 Å². The fourth-order valence-electron chi connectivity index (χ4n) is 3.16. The summed E-state index contributed by atoms with van der Waals surface area (Å²) < 4.78 is 0. The number of hydrogen-bond donors (Lipinski definition) is 6. The maximum Gasteiger partial charge on any atom is 0.326 e. The highest BCUT2D eigenvalue weighted by atomic mass is 16.4. The summed E-state index contributed by atoms with van der Waals surface area (Å²) in [4.78, 5) is 60.9. The number of nitrogens with one attached hydrogen (secondary N) is 2. The van der Waals surface area contributed by atoms with Crippen LogP contribution in [-0.2, 0) is 24.0 Å². The molecule has 8 N–H and O–H groups in total. The van der Waals surface area contributed by atoms with Gasteiger partial charge < -0.3 is 37.2 Å². The first-order chi connectivity index (χ1) is 14.0. The molecule has 0 radical (unpaired) electrons. The number of rotatable bonds is 11. The van der Waals surface area contributed by atoms with Crippen molar-refractivity contribution in [2.24, 2.45) is 17.4 Å². The molecule has 30 heavy (non-hydrogen) atoms. The highest BCUT2D eigenvalue weighted by Crippen LogP contribution is 2.19. The normalized spacial score (nSPS) is 19.1. The predicted octanol–water partition coefficient (Wildman–Crippen LogP) is -2.73. The largest absolute Gasteiger partial charge is 0.480 e. The Kier molecular flexibility index (Phi) is 9.66. The van der Waals surface area contributed by atoms with E-state index < -0.39 is 60.4 Å². The van der Waals surface area contributed by atoms with Gasteiger partial charge in [0.25, 0.3) is 0 Å². The highest BCUT2D eigenvalue weighted by molar-refractivity contribution is 5.94. The zero-order valence-corrected chi connectivity index (χ0v) is 17.2. The van der Waals surface area contributed by atoms with Gasteiger partial charge in [0, 0.05) is 13.0 Å². The Morgan fingerprint density at radius 2 is 1.80 bits per heavy atom. The molecule has 0 aromatic carbocycles. The molecule has 0 bridgehead atoms. The van der Waals surface area contributed by atoms with Gasteiger partial charge in [-0.3, -0.25) is 19.2 Å². The second-order valence-corrected chi connectivity index (χ2v) is 7.61. The van der Waals surface area contributed by atoms with E-state index in [0.29, 0.717) is 12.8 Å². The number of carboxylic acids is 1. The third-order valence-electron chi connectivity index (χ3n) is 4.90. The molecule has 4 amide bonds. The van der Waals surface area contributed by atoms with Gasteiger partial charge in [-0.2, -0.15) is 0 Å². The van der Waals surface area contributed by atoms with Gasteiger partial charge in [-0.25, -0.2) is 4.79 Å². The van der Waals surface area contributed by atoms with Crippen LogP contribution in [0.2, 0.25) is 0 Å². The van der Waals surface area contributed by atoms with Crippen LogP contribution in [0, 0.1) is 5.92 Å². The van der Waals surface area contributed by atoms with E-state index in [1.54, 1.807) is 13.8 Å². The predicted molar refractivity (Wildman–Crippen MR) is 105 cm³/mol. The minimum atomic E-state index is -1.33. The fourth-order valence-corrected chi connectivity index (χ4v) is 3.16. The van der Waals surface area contributed by atoms with Gasteiger partial charge in [0.2, 0.25) is 23.6 Å². The van der Waals surface area contributed by atoms with Crippen LogP contribution in [0.3, 0.4) is 0 Å². The number of aliphatic hydroxyl groups excluding tert-OH is 1. The lowest BCUT2D eigenvalue weighted by Gasteiger charge is -2.29. The molecule has 4 unspecified atom stereocenters. The van der Waals surface area contributed by atoms with E-state index in [1.807, 2.05) is 0 Å². The van der Waals surface area contributed by atoms with Crippen molar-refractivity contribution >= 4 is 29.6 Å². The number of amides is 4. The summed E-state index contributed by atoms with van der Waals surface area (Å²) >= 11 is 0. The molecule has 12 heteroatoms. The van der Waals surface area contributed by atoms with Gasteiger partial charge in [-0.15, -0.1) is 0 Å². The van der Waals surface area contributed by atoms with Gasteiger partial charge >= 0.3 is 5.97 Å². The molecular formula is C18H31N5O7. The summed E-state index contributed by atoms with van der Waals surface area (Å²) in [5.74, 6) is -4.19. The monoisotopic (exact) mass is 429 g/mol. The van der Waals surface area contributed by atoms with Gasteiger partial charge in [0.05, 0.1) is 12.6 Å². The first-order valence-corrected chi connectivity index (χ1v) is 9.78. The van der Waals surface area contributed by atoms with Crippen LogP contribution < -0.4 is 22.1 Å². The summed E-state index contributed by atoms with van der Waals surface area (Å²) in [5, 5.41) is 23.6. The average molecular weight is 429 g/mol. The molecule has 12 nitrogen and oxygen atoms in total. The van der Waals surface area contributed by atoms with Crippen molar-refractivity contribution in [1.29, 1.82) is 0 Å². The van der Waals surface area contributed by atoms with E-state index in [9.17, 15) is 34.2 Å². The van der Waals surface area contributed by atoms with Crippen LogP contribution in [0.4, 0.5) is 0 Å². The number of likely N-dealkylation sites (tertiary alicyclic amines) is 1. The number of carbonyl (C=O) groups excluding carboxylic acids is 4. The van der Waals surface area contributed by atoms with Crippen molar-refractivity contribution in [2.45, 2.75) is 63.7 Å². The molecule has 1 aliphatic heterocycles. The zero-order chi connectivity index (χ0) is 23.0. The van der Waals surface area contributed by atoms with Gasteiger partial charge in [0.1, 0.15) is 18.1 Å². The highest BCUT2D eigenvalue weighted by Gasteiger charge is 2.39. The number of primary amides is 1. The smallest absolute Gasteiger partial charge is 0.326 e. The number of aliphatic carboxylic acids is 1. The lowest BCUT2D eigenvalue weighted by molar-refractivity contribution is -0.146. The van der Waals surface area contributed by atoms with E-state index in [4.69, 9.17) is 11.5 Å². The lowest BCUT2D eigenvalue weighted by atomic mass is 10.0. The second-order valence-electron chi connectivity index (χ2n) is 7.61. The van der Waals surface area contributed by atoms with Crippen LogP contribution in [0.5, 0.6) is 0 Å². The second kappa shape index (κ2) is 11.5. The fraction of sp³-hybridized carbons (Fsp3) is 0.722. The van der Waals surface area contributed by atoms with Crippen molar-refractivity contribution in [3.05, 3.63) is 0 Å². The molecule has 1 fully saturated rings. The first-order valence-electron chi connectivity index (χ1n) is 9.78. The van der Waals surface area contributed by atoms with Crippen molar-refractivity contribution in [1.82, 2.24) is 15.5 Å². The molecule has 0 aromatic rings. The Morgan fingerprint density at radius 1 is 1.17 bits per heavy atom. The van der Waals surface area contributed by atoms with E-state index in [-0.39, 0.29) is 25.3 Å². The summed E-state index contributed by atoms with van der Waals surface area (Å²) in [6.45, 7) is 2.79. The zero-order valence-electron chi connectivity index (χ0n) is 17.2. The van der Waals surface area contributed by atoms with Crippen LogP contribution in [0.1, 0.15) is 39.5 Å². The van der Waals surface area contributed by atoms with Crippen molar-refractivity contribution < 1.29 is 34.2 Å². The van der Waals surface area contributed by atoms with Gasteiger partial charge in [-0.05, 0) is 25.2 Å². The Balaban J connectivity index is 2.80. The maximum atomic E-state index is 12.8. The third kappa shape index (κ3) is 6.95. The Morgan fingerprint density at radius 3 is 2.30 bits per heavy atom. The van der Waals surface area contributed by atoms with Gasteiger partial charge in [-0.1, -0.05) is 13.8 Å². The number of carbonyl (C=O) groups is 5. The lowest BCUT2D eigenvalue weighted by Crippen LogP contribution is -2.58. The molecule has 1 aliphatic rings. The Labute approximate surface area is 174 Å². The van der Waals surface area contributed by atoms with Crippen LogP contribution in [0.15, 0.2) is 0 Å². The molecule has 1 rings (SSSR count).